The number of benzene rings is 2. The SMILES string of the molecule is O=C([C@H]1CCCN(S(=O)(=O)c2ccccc2)C1)N1CCOc2ccccc21. The van der Waals surface area contributed by atoms with Crippen molar-refractivity contribution in [2.75, 3.05) is 31.1 Å². The van der Waals surface area contributed by atoms with Crippen LogP contribution in [0.3, 0.4) is 0 Å². The molecule has 0 bridgehead atoms. The van der Waals surface area contributed by atoms with Gasteiger partial charge in [0.05, 0.1) is 23.0 Å². The quantitative estimate of drug-likeness (QED) is 0.813. The van der Waals surface area contributed by atoms with Crippen LogP contribution < -0.4 is 9.64 Å². The second kappa shape index (κ2) is 7.32. The van der Waals surface area contributed by atoms with Crippen molar-refractivity contribution in [2.45, 2.75) is 17.7 Å². The molecule has 0 unspecified atom stereocenters. The smallest absolute Gasteiger partial charge is 0.243 e. The van der Waals surface area contributed by atoms with E-state index in [4.69, 9.17) is 4.74 Å². The Morgan fingerprint density at radius 2 is 1.74 bits per heavy atom. The normalized spacial score (nSPS) is 20.6. The third-order valence-corrected chi connectivity index (χ3v) is 6.99. The Balaban J connectivity index is 1.55. The Morgan fingerprint density at radius 1 is 1.00 bits per heavy atom. The molecule has 0 spiro atoms. The lowest BCUT2D eigenvalue weighted by molar-refractivity contribution is -0.123. The number of hydrogen-bond donors (Lipinski definition) is 0. The maximum atomic E-state index is 13.2. The summed E-state index contributed by atoms with van der Waals surface area (Å²) in [5.74, 6) is 0.323. The lowest BCUT2D eigenvalue weighted by atomic mass is 9.97. The fourth-order valence-corrected chi connectivity index (χ4v) is 5.27. The highest BCUT2D eigenvalue weighted by Gasteiger charge is 2.36. The van der Waals surface area contributed by atoms with E-state index in [1.807, 2.05) is 24.3 Å². The van der Waals surface area contributed by atoms with Crippen molar-refractivity contribution in [2.24, 2.45) is 5.92 Å². The van der Waals surface area contributed by atoms with Gasteiger partial charge in [0.1, 0.15) is 12.4 Å². The summed E-state index contributed by atoms with van der Waals surface area (Å²) >= 11 is 0. The number of carbonyl (C=O) groups excluding carboxylic acids is 1. The van der Waals surface area contributed by atoms with E-state index in [0.717, 1.165) is 5.69 Å². The Morgan fingerprint density at radius 3 is 2.56 bits per heavy atom. The number of anilines is 1. The van der Waals surface area contributed by atoms with Gasteiger partial charge >= 0.3 is 0 Å². The fourth-order valence-electron chi connectivity index (χ4n) is 3.72. The number of fused-ring (bicyclic) bond motifs is 1. The van der Waals surface area contributed by atoms with Gasteiger partial charge < -0.3 is 9.64 Å². The van der Waals surface area contributed by atoms with Crippen molar-refractivity contribution in [3.63, 3.8) is 0 Å². The van der Waals surface area contributed by atoms with E-state index in [1.165, 1.54) is 4.31 Å². The van der Waals surface area contributed by atoms with Crippen LogP contribution in [0, 0.1) is 5.92 Å². The number of hydrogen-bond acceptors (Lipinski definition) is 4. The minimum atomic E-state index is -3.58. The molecule has 6 nitrogen and oxygen atoms in total. The lowest BCUT2D eigenvalue weighted by Crippen LogP contribution is -2.48. The molecule has 1 amide bonds. The molecule has 2 aliphatic rings. The number of rotatable bonds is 3. The van der Waals surface area contributed by atoms with E-state index in [-0.39, 0.29) is 23.3 Å². The molecule has 2 aromatic carbocycles. The van der Waals surface area contributed by atoms with Crippen LogP contribution in [0.5, 0.6) is 5.75 Å². The highest BCUT2D eigenvalue weighted by atomic mass is 32.2. The number of carbonyl (C=O) groups is 1. The average molecular weight is 386 g/mol. The second-order valence-corrected chi connectivity index (χ2v) is 8.76. The molecule has 2 heterocycles. The van der Waals surface area contributed by atoms with Gasteiger partial charge in [-0.15, -0.1) is 0 Å². The summed E-state index contributed by atoms with van der Waals surface area (Å²) in [6, 6.07) is 15.9. The minimum absolute atomic E-state index is 0.0290. The van der Waals surface area contributed by atoms with Gasteiger partial charge in [-0.1, -0.05) is 30.3 Å². The van der Waals surface area contributed by atoms with Crippen LogP contribution in [0.1, 0.15) is 12.8 Å². The predicted molar refractivity (Wildman–Crippen MR) is 102 cm³/mol. The molecule has 7 heteroatoms. The van der Waals surface area contributed by atoms with Crippen LogP contribution in [-0.2, 0) is 14.8 Å². The van der Waals surface area contributed by atoms with Crippen LogP contribution in [-0.4, -0.2) is 44.9 Å². The Labute approximate surface area is 159 Å². The number of nitrogens with zero attached hydrogens (tertiary/aromatic N) is 2. The van der Waals surface area contributed by atoms with Gasteiger partial charge in [0.15, 0.2) is 0 Å². The van der Waals surface area contributed by atoms with Gasteiger partial charge in [0.2, 0.25) is 15.9 Å². The van der Waals surface area contributed by atoms with Gasteiger partial charge in [-0.25, -0.2) is 8.42 Å². The first-order chi connectivity index (χ1) is 13.1. The highest BCUT2D eigenvalue weighted by Crippen LogP contribution is 2.33. The van der Waals surface area contributed by atoms with Crippen molar-refractivity contribution in [1.29, 1.82) is 0 Å². The largest absolute Gasteiger partial charge is 0.490 e. The van der Waals surface area contributed by atoms with Crippen LogP contribution in [0.25, 0.3) is 0 Å². The van der Waals surface area contributed by atoms with Crippen LogP contribution in [0.2, 0.25) is 0 Å². The van der Waals surface area contributed by atoms with Gasteiger partial charge in [-0.3, -0.25) is 4.79 Å². The molecule has 0 aromatic heterocycles. The molecule has 1 saturated heterocycles. The topological polar surface area (TPSA) is 66.9 Å². The van der Waals surface area contributed by atoms with Crippen molar-refractivity contribution in [3.8, 4) is 5.75 Å². The van der Waals surface area contributed by atoms with Crippen molar-refractivity contribution in [1.82, 2.24) is 4.31 Å². The van der Waals surface area contributed by atoms with E-state index in [9.17, 15) is 13.2 Å². The third-order valence-electron chi connectivity index (χ3n) is 5.11. The average Bonchev–Trinajstić information content (AvgIpc) is 2.73. The predicted octanol–water partition coefficient (Wildman–Crippen LogP) is 2.51. The summed E-state index contributed by atoms with van der Waals surface area (Å²) < 4.78 is 32.9. The number of ether oxygens (including phenoxy) is 1. The Kier molecular flexibility index (Phi) is 4.88. The molecule has 27 heavy (non-hydrogen) atoms. The Hall–Kier alpha value is -2.38. The van der Waals surface area contributed by atoms with Crippen molar-refractivity contribution >= 4 is 21.6 Å². The van der Waals surface area contributed by atoms with E-state index < -0.39 is 10.0 Å². The molecule has 4 rings (SSSR count). The van der Waals surface area contributed by atoms with Gasteiger partial charge in [-0.05, 0) is 37.1 Å². The monoisotopic (exact) mass is 386 g/mol. The zero-order chi connectivity index (χ0) is 18.9. The molecule has 1 atom stereocenters. The molecule has 1 fully saturated rings. The first-order valence-electron chi connectivity index (χ1n) is 9.16. The maximum absolute atomic E-state index is 13.2. The summed E-state index contributed by atoms with van der Waals surface area (Å²) in [4.78, 5) is 15.2. The standard InChI is InChI=1S/C20H22N2O4S/c23-20(22-13-14-26-19-11-5-4-10-18(19)22)16-7-6-12-21(15-16)27(24,25)17-8-2-1-3-9-17/h1-5,8-11,16H,6-7,12-15H2/t16-/m0/s1. The van der Waals surface area contributed by atoms with E-state index in [0.29, 0.717) is 38.3 Å². The number of para-hydroxylation sites is 2. The van der Waals surface area contributed by atoms with E-state index in [2.05, 4.69) is 0 Å². The van der Waals surface area contributed by atoms with Crippen LogP contribution >= 0.6 is 0 Å². The lowest BCUT2D eigenvalue weighted by Gasteiger charge is -2.36. The zero-order valence-corrected chi connectivity index (χ0v) is 15.8. The molecule has 0 aliphatic carbocycles. The molecule has 2 aliphatic heterocycles. The summed E-state index contributed by atoms with van der Waals surface area (Å²) in [6.07, 6.45) is 1.37. The molecule has 2 aromatic rings. The summed E-state index contributed by atoms with van der Waals surface area (Å²) in [5, 5.41) is 0. The molecular weight excluding hydrogens is 364 g/mol. The van der Waals surface area contributed by atoms with E-state index >= 15 is 0 Å². The molecule has 142 valence electrons. The zero-order valence-electron chi connectivity index (χ0n) is 15.0. The Bertz CT molecular complexity index is 930. The highest BCUT2D eigenvalue weighted by molar-refractivity contribution is 7.89. The van der Waals surface area contributed by atoms with E-state index in [1.54, 1.807) is 35.2 Å². The number of sulfonamides is 1. The maximum Gasteiger partial charge on any atom is 0.243 e. The fraction of sp³-hybridized carbons (Fsp3) is 0.350. The molecule has 0 radical (unpaired) electrons. The first-order valence-corrected chi connectivity index (χ1v) is 10.6. The number of amides is 1. The van der Waals surface area contributed by atoms with Gasteiger partial charge in [0.25, 0.3) is 0 Å². The van der Waals surface area contributed by atoms with Crippen molar-refractivity contribution in [3.05, 3.63) is 54.6 Å². The summed E-state index contributed by atoms with van der Waals surface area (Å²) in [6.45, 7) is 1.59. The van der Waals surface area contributed by atoms with Crippen LogP contribution in [0.4, 0.5) is 5.69 Å². The summed E-state index contributed by atoms with van der Waals surface area (Å²) in [7, 11) is -3.58. The van der Waals surface area contributed by atoms with Gasteiger partial charge in [-0.2, -0.15) is 4.31 Å². The third kappa shape index (κ3) is 3.44. The number of piperidine rings is 1. The van der Waals surface area contributed by atoms with Crippen LogP contribution in [0.15, 0.2) is 59.5 Å². The summed E-state index contributed by atoms with van der Waals surface area (Å²) in [5.41, 5.74) is 0.761. The molecule has 0 N–H and O–H groups in total. The van der Waals surface area contributed by atoms with Gasteiger partial charge in [0, 0.05) is 13.1 Å². The van der Waals surface area contributed by atoms with Crippen molar-refractivity contribution < 1.29 is 17.9 Å². The molecule has 0 saturated carbocycles. The first kappa shape index (κ1) is 18.0. The second-order valence-electron chi connectivity index (χ2n) is 6.82. The molecular formula is C20H22N2O4S. The minimum Gasteiger partial charge on any atom is -0.490 e.